The number of hydrogen-bond acceptors (Lipinski definition) is 4. The summed E-state index contributed by atoms with van der Waals surface area (Å²) in [7, 11) is 0. The van der Waals surface area contributed by atoms with E-state index in [0.29, 0.717) is 12.3 Å². The lowest BCUT2D eigenvalue weighted by molar-refractivity contribution is -0.119. The number of thioether (sulfide) groups is 1. The van der Waals surface area contributed by atoms with Gasteiger partial charge in [-0.25, -0.2) is 4.98 Å². The summed E-state index contributed by atoms with van der Waals surface area (Å²) in [6.45, 7) is 1.43. The van der Waals surface area contributed by atoms with E-state index in [4.69, 9.17) is 4.74 Å². The van der Waals surface area contributed by atoms with E-state index in [1.807, 2.05) is 35.0 Å². The Morgan fingerprint density at radius 3 is 3.35 bits per heavy atom. The van der Waals surface area contributed by atoms with Gasteiger partial charge in [0.25, 0.3) is 0 Å². The average molecular weight is 291 g/mol. The molecule has 2 aromatic heterocycles. The van der Waals surface area contributed by atoms with Crippen LogP contribution in [-0.2, 0) is 9.53 Å². The highest BCUT2D eigenvalue weighted by atomic mass is 32.2. The van der Waals surface area contributed by atoms with E-state index in [1.165, 1.54) is 11.8 Å². The molecule has 1 saturated heterocycles. The molecule has 3 heterocycles. The minimum Gasteiger partial charge on any atom is -0.376 e. The summed E-state index contributed by atoms with van der Waals surface area (Å²) in [5.74, 6) is 0.402. The van der Waals surface area contributed by atoms with Crippen LogP contribution in [0.3, 0.4) is 0 Å². The largest absolute Gasteiger partial charge is 0.376 e. The molecule has 106 valence electrons. The van der Waals surface area contributed by atoms with Crippen LogP contribution < -0.4 is 5.32 Å². The number of carbonyl (C=O) groups is 1. The van der Waals surface area contributed by atoms with Crippen molar-refractivity contribution in [1.29, 1.82) is 0 Å². The number of imidazole rings is 1. The van der Waals surface area contributed by atoms with Crippen LogP contribution in [0.2, 0.25) is 0 Å². The van der Waals surface area contributed by atoms with E-state index in [-0.39, 0.29) is 12.0 Å². The quantitative estimate of drug-likeness (QED) is 0.852. The van der Waals surface area contributed by atoms with Crippen molar-refractivity contribution in [2.24, 2.45) is 0 Å². The van der Waals surface area contributed by atoms with Crippen molar-refractivity contribution in [1.82, 2.24) is 14.7 Å². The van der Waals surface area contributed by atoms with Crippen molar-refractivity contribution in [2.75, 3.05) is 18.9 Å². The third kappa shape index (κ3) is 3.13. The number of ether oxygens (including phenoxy) is 1. The zero-order valence-corrected chi connectivity index (χ0v) is 11.9. The molecule has 0 spiro atoms. The second kappa shape index (κ2) is 6.28. The van der Waals surface area contributed by atoms with E-state index in [9.17, 15) is 4.79 Å². The summed E-state index contributed by atoms with van der Waals surface area (Å²) < 4.78 is 7.46. The number of carbonyl (C=O) groups excluding carboxylic acids is 1. The number of hydrogen-bond donors (Lipinski definition) is 1. The highest BCUT2D eigenvalue weighted by Gasteiger charge is 2.16. The molecule has 0 aromatic carbocycles. The van der Waals surface area contributed by atoms with Crippen LogP contribution in [0.15, 0.2) is 35.7 Å². The topological polar surface area (TPSA) is 55.6 Å². The van der Waals surface area contributed by atoms with Crippen molar-refractivity contribution >= 4 is 23.2 Å². The zero-order chi connectivity index (χ0) is 13.8. The first-order chi connectivity index (χ1) is 9.83. The summed E-state index contributed by atoms with van der Waals surface area (Å²) in [5, 5.41) is 3.75. The molecule has 0 unspecified atom stereocenters. The molecule has 5 nitrogen and oxygen atoms in total. The van der Waals surface area contributed by atoms with E-state index < -0.39 is 0 Å². The molecular formula is C14H17N3O2S. The number of amides is 1. The van der Waals surface area contributed by atoms with E-state index in [2.05, 4.69) is 10.3 Å². The SMILES string of the molecule is O=C(CSc1ncc2ccccn12)NC[C@@H]1CCCO1. The molecule has 0 bridgehead atoms. The average Bonchev–Trinajstić information content (AvgIpc) is 3.12. The van der Waals surface area contributed by atoms with Crippen LogP contribution in [0.4, 0.5) is 0 Å². The summed E-state index contributed by atoms with van der Waals surface area (Å²) in [5.41, 5.74) is 1.04. The number of pyridine rings is 1. The molecule has 20 heavy (non-hydrogen) atoms. The molecule has 1 atom stereocenters. The summed E-state index contributed by atoms with van der Waals surface area (Å²) >= 11 is 1.45. The molecule has 0 saturated carbocycles. The van der Waals surface area contributed by atoms with Crippen LogP contribution in [0.25, 0.3) is 5.52 Å². The van der Waals surface area contributed by atoms with Gasteiger partial charge in [-0.1, -0.05) is 17.8 Å². The maximum atomic E-state index is 11.8. The van der Waals surface area contributed by atoms with Gasteiger partial charge in [0.05, 0.1) is 23.6 Å². The first-order valence-electron chi connectivity index (χ1n) is 6.76. The predicted octanol–water partition coefficient (Wildman–Crippen LogP) is 1.72. The minimum atomic E-state index is 0.0261. The van der Waals surface area contributed by atoms with Crippen molar-refractivity contribution < 1.29 is 9.53 Å². The fraction of sp³-hybridized carbons (Fsp3) is 0.429. The van der Waals surface area contributed by atoms with Gasteiger partial charge in [-0.05, 0) is 25.0 Å². The van der Waals surface area contributed by atoms with Gasteiger partial charge in [-0.2, -0.15) is 0 Å². The van der Waals surface area contributed by atoms with Crippen LogP contribution in [0, 0.1) is 0 Å². The van der Waals surface area contributed by atoms with Gasteiger partial charge in [0.2, 0.25) is 5.91 Å². The predicted molar refractivity (Wildman–Crippen MR) is 77.9 cm³/mol. The van der Waals surface area contributed by atoms with E-state index in [0.717, 1.165) is 30.1 Å². The van der Waals surface area contributed by atoms with Gasteiger partial charge >= 0.3 is 0 Å². The van der Waals surface area contributed by atoms with Gasteiger partial charge in [0.1, 0.15) is 0 Å². The maximum Gasteiger partial charge on any atom is 0.230 e. The second-order valence-corrected chi connectivity index (χ2v) is 5.71. The zero-order valence-electron chi connectivity index (χ0n) is 11.1. The number of fused-ring (bicyclic) bond motifs is 1. The number of nitrogens with zero attached hydrogens (tertiary/aromatic N) is 2. The van der Waals surface area contributed by atoms with Crippen LogP contribution >= 0.6 is 11.8 Å². The Labute approximate surface area is 121 Å². The Hall–Kier alpha value is -1.53. The normalized spacial score (nSPS) is 18.5. The molecule has 1 N–H and O–H groups in total. The Morgan fingerprint density at radius 1 is 1.55 bits per heavy atom. The molecule has 2 aromatic rings. The number of nitrogens with one attached hydrogen (secondary N) is 1. The Balaban J connectivity index is 1.49. The lowest BCUT2D eigenvalue weighted by atomic mass is 10.2. The van der Waals surface area contributed by atoms with Crippen LogP contribution in [0.5, 0.6) is 0 Å². The molecule has 1 fully saturated rings. The summed E-state index contributed by atoms with van der Waals surface area (Å²) in [6, 6.07) is 5.92. The molecule has 1 aliphatic rings. The van der Waals surface area contributed by atoms with Crippen molar-refractivity contribution in [3.8, 4) is 0 Å². The molecule has 6 heteroatoms. The molecule has 1 aliphatic heterocycles. The fourth-order valence-electron chi connectivity index (χ4n) is 2.24. The first kappa shape index (κ1) is 13.5. The first-order valence-corrected chi connectivity index (χ1v) is 7.75. The molecule has 0 aliphatic carbocycles. The fourth-order valence-corrected chi connectivity index (χ4v) is 3.04. The number of rotatable bonds is 5. The summed E-state index contributed by atoms with van der Waals surface area (Å²) in [6.07, 6.45) is 6.09. The van der Waals surface area contributed by atoms with E-state index in [1.54, 1.807) is 0 Å². The third-order valence-electron chi connectivity index (χ3n) is 3.29. The Kier molecular flexibility index (Phi) is 4.22. The molecule has 0 radical (unpaired) electrons. The monoisotopic (exact) mass is 291 g/mol. The van der Waals surface area contributed by atoms with Gasteiger partial charge < -0.3 is 10.1 Å². The second-order valence-electron chi connectivity index (χ2n) is 4.76. The van der Waals surface area contributed by atoms with E-state index >= 15 is 0 Å². The third-order valence-corrected chi connectivity index (χ3v) is 4.25. The van der Waals surface area contributed by atoms with Gasteiger partial charge in [-0.3, -0.25) is 9.20 Å². The van der Waals surface area contributed by atoms with Crippen molar-refractivity contribution in [3.63, 3.8) is 0 Å². The van der Waals surface area contributed by atoms with Gasteiger partial charge in [-0.15, -0.1) is 0 Å². The molecule has 1 amide bonds. The van der Waals surface area contributed by atoms with Crippen LogP contribution in [-0.4, -0.2) is 40.3 Å². The number of aromatic nitrogens is 2. The van der Waals surface area contributed by atoms with Crippen LogP contribution in [0.1, 0.15) is 12.8 Å². The Morgan fingerprint density at radius 2 is 2.50 bits per heavy atom. The Bertz CT molecular complexity index is 593. The highest BCUT2D eigenvalue weighted by Crippen LogP contribution is 2.18. The maximum absolute atomic E-state index is 11.8. The lowest BCUT2D eigenvalue weighted by Crippen LogP contribution is -2.32. The van der Waals surface area contributed by atoms with Crippen molar-refractivity contribution in [2.45, 2.75) is 24.1 Å². The summed E-state index contributed by atoms with van der Waals surface area (Å²) in [4.78, 5) is 16.1. The molecular weight excluding hydrogens is 274 g/mol. The van der Waals surface area contributed by atoms with Gasteiger partial charge in [0.15, 0.2) is 5.16 Å². The molecule has 3 rings (SSSR count). The highest BCUT2D eigenvalue weighted by molar-refractivity contribution is 7.99. The smallest absolute Gasteiger partial charge is 0.230 e. The standard InChI is InChI=1S/C14H17N3O2S/c18-13(15-9-12-5-3-7-19-12)10-20-14-16-8-11-4-1-2-6-17(11)14/h1-2,4,6,8,12H,3,5,7,9-10H2,(H,15,18)/t12-/m0/s1. The lowest BCUT2D eigenvalue weighted by Gasteiger charge is -2.10. The van der Waals surface area contributed by atoms with Crippen molar-refractivity contribution in [3.05, 3.63) is 30.6 Å². The van der Waals surface area contributed by atoms with Gasteiger partial charge in [0, 0.05) is 19.3 Å². The minimum absolute atomic E-state index is 0.0261.